The van der Waals surface area contributed by atoms with Gasteiger partial charge in [-0.2, -0.15) is 0 Å². The summed E-state index contributed by atoms with van der Waals surface area (Å²) in [4.78, 5) is 0. The van der Waals surface area contributed by atoms with Crippen LogP contribution in [0.1, 0.15) is 5.56 Å². The Morgan fingerprint density at radius 3 is 2.78 bits per heavy atom. The van der Waals surface area contributed by atoms with Gasteiger partial charge >= 0.3 is 0 Å². The van der Waals surface area contributed by atoms with Gasteiger partial charge in [-0.15, -0.1) is 22.0 Å². The van der Waals surface area contributed by atoms with Crippen molar-refractivity contribution in [1.82, 2.24) is 14.8 Å². The van der Waals surface area contributed by atoms with Gasteiger partial charge in [0.05, 0.1) is 16.7 Å². The molecule has 0 aliphatic carbocycles. The molecule has 7 heteroatoms. The van der Waals surface area contributed by atoms with Gasteiger partial charge in [-0.05, 0) is 17.7 Å². The number of thioether (sulfide) groups is 1. The molecule has 0 saturated carbocycles. The maximum absolute atomic E-state index is 11.4. The molecule has 1 atom stereocenters. The summed E-state index contributed by atoms with van der Waals surface area (Å²) in [5, 5.41) is 8.86. The Hall–Kier alpha value is -0.850. The molecule has 0 spiro atoms. The topological polar surface area (TPSA) is 47.8 Å². The van der Waals surface area contributed by atoms with E-state index in [4.69, 9.17) is 11.6 Å². The smallest absolute Gasteiger partial charge is 0.221 e. The zero-order valence-electron chi connectivity index (χ0n) is 9.75. The summed E-state index contributed by atoms with van der Waals surface area (Å²) in [6.07, 6.45) is 3.20. The predicted molar refractivity (Wildman–Crippen MR) is 75.1 cm³/mol. The molecule has 0 unspecified atom stereocenters. The average molecular weight is 302 g/mol. The fourth-order valence-electron chi connectivity index (χ4n) is 1.40. The van der Waals surface area contributed by atoms with Gasteiger partial charge in [-0.3, -0.25) is 8.78 Å². The van der Waals surface area contributed by atoms with Gasteiger partial charge in [0, 0.05) is 17.0 Å². The molecule has 0 saturated heterocycles. The average Bonchev–Trinajstić information content (AvgIpc) is 2.80. The zero-order chi connectivity index (χ0) is 13.0. The van der Waals surface area contributed by atoms with Crippen LogP contribution >= 0.6 is 23.4 Å². The highest BCUT2D eigenvalue weighted by Gasteiger charge is 2.07. The van der Waals surface area contributed by atoms with Crippen LogP contribution in [0.4, 0.5) is 0 Å². The van der Waals surface area contributed by atoms with Gasteiger partial charge in [0.25, 0.3) is 0 Å². The second-order valence-corrected chi connectivity index (χ2v) is 6.31. The van der Waals surface area contributed by atoms with Crippen molar-refractivity contribution in [3.8, 4) is 0 Å². The summed E-state index contributed by atoms with van der Waals surface area (Å²) in [6, 6.07) is 7.76. The van der Waals surface area contributed by atoms with E-state index < -0.39 is 10.8 Å². The molecule has 0 radical (unpaired) electrons. The van der Waals surface area contributed by atoms with Crippen molar-refractivity contribution in [1.29, 1.82) is 0 Å². The van der Waals surface area contributed by atoms with E-state index in [2.05, 4.69) is 10.2 Å². The largest absolute Gasteiger partial charge is 0.297 e. The van der Waals surface area contributed by atoms with E-state index in [9.17, 15) is 4.21 Å². The lowest BCUT2D eigenvalue weighted by Gasteiger charge is -2.04. The Morgan fingerprint density at radius 1 is 1.39 bits per heavy atom. The van der Waals surface area contributed by atoms with E-state index in [0.29, 0.717) is 11.0 Å². The first-order valence-electron chi connectivity index (χ1n) is 5.20. The SMILES string of the molecule is C[S@](=O)c1nncn1CSCc1ccc(Cl)cc1. The summed E-state index contributed by atoms with van der Waals surface area (Å²) >= 11 is 7.53. The van der Waals surface area contributed by atoms with Crippen LogP contribution in [0.3, 0.4) is 0 Å². The molecule has 0 aliphatic heterocycles. The normalized spacial score (nSPS) is 12.6. The predicted octanol–water partition coefficient (Wildman–Crippen LogP) is 2.56. The minimum Gasteiger partial charge on any atom is -0.297 e. The van der Waals surface area contributed by atoms with Crippen LogP contribution in [0.15, 0.2) is 35.7 Å². The Balaban J connectivity index is 1.90. The third-order valence-electron chi connectivity index (χ3n) is 2.25. The van der Waals surface area contributed by atoms with Gasteiger partial charge in [-0.1, -0.05) is 23.7 Å². The molecule has 0 amide bonds. The van der Waals surface area contributed by atoms with Crippen molar-refractivity contribution >= 4 is 34.2 Å². The zero-order valence-corrected chi connectivity index (χ0v) is 12.1. The third-order valence-corrected chi connectivity index (χ3v) is 4.33. The third kappa shape index (κ3) is 3.57. The summed E-state index contributed by atoms with van der Waals surface area (Å²) in [7, 11) is -1.10. The summed E-state index contributed by atoms with van der Waals surface area (Å²) in [5.74, 6) is 1.55. The number of nitrogens with zero attached hydrogens (tertiary/aromatic N) is 3. The lowest BCUT2D eigenvalue weighted by molar-refractivity contribution is 0.666. The first-order chi connectivity index (χ1) is 8.66. The van der Waals surface area contributed by atoms with Gasteiger partial charge in [0.2, 0.25) is 5.16 Å². The molecule has 0 fully saturated rings. The van der Waals surface area contributed by atoms with E-state index >= 15 is 0 Å². The fourth-order valence-corrected chi connectivity index (χ4v) is 3.11. The van der Waals surface area contributed by atoms with Crippen LogP contribution in [0.2, 0.25) is 5.02 Å². The summed E-state index contributed by atoms with van der Waals surface area (Å²) in [6.45, 7) is 0. The lowest BCUT2D eigenvalue weighted by atomic mass is 10.2. The summed E-state index contributed by atoms with van der Waals surface area (Å²) < 4.78 is 13.2. The number of aromatic nitrogens is 3. The van der Waals surface area contributed by atoms with E-state index in [0.717, 1.165) is 10.8 Å². The molecular formula is C11H12ClN3OS2. The molecular weight excluding hydrogens is 290 g/mol. The van der Waals surface area contributed by atoms with Crippen LogP contribution < -0.4 is 0 Å². The van der Waals surface area contributed by atoms with Gasteiger partial charge in [0.1, 0.15) is 6.33 Å². The Kier molecular flexibility index (Phi) is 4.79. The molecule has 2 rings (SSSR count). The van der Waals surface area contributed by atoms with Crippen LogP contribution in [-0.2, 0) is 22.4 Å². The number of benzene rings is 1. The van der Waals surface area contributed by atoms with Crippen molar-refractivity contribution in [2.45, 2.75) is 16.8 Å². The molecule has 96 valence electrons. The number of rotatable bonds is 5. The minimum atomic E-state index is -1.10. The van der Waals surface area contributed by atoms with Gasteiger partial charge in [-0.25, -0.2) is 0 Å². The van der Waals surface area contributed by atoms with Crippen molar-refractivity contribution < 1.29 is 4.21 Å². The quantitative estimate of drug-likeness (QED) is 0.851. The van der Waals surface area contributed by atoms with Crippen LogP contribution in [0, 0.1) is 0 Å². The highest BCUT2D eigenvalue weighted by Crippen LogP contribution is 2.17. The number of hydrogen-bond donors (Lipinski definition) is 0. The van der Waals surface area contributed by atoms with E-state index in [-0.39, 0.29) is 0 Å². The standard InChI is InChI=1S/C11H12ClN3OS2/c1-18(16)11-14-13-7-15(11)8-17-6-9-2-4-10(12)5-3-9/h2-5,7H,6,8H2,1H3/t18-/m0/s1. The monoisotopic (exact) mass is 301 g/mol. The number of hydrogen-bond acceptors (Lipinski definition) is 4. The second kappa shape index (κ2) is 6.36. The molecule has 18 heavy (non-hydrogen) atoms. The van der Waals surface area contributed by atoms with Crippen LogP contribution in [0.5, 0.6) is 0 Å². The molecule has 1 heterocycles. The molecule has 4 nitrogen and oxygen atoms in total. The summed E-state index contributed by atoms with van der Waals surface area (Å²) in [5.41, 5.74) is 1.21. The van der Waals surface area contributed by atoms with E-state index in [1.807, 2.05) is 24.3 Å². The molecule has 0 bridgehead atoms. The van der Waals surface area contributed by atoms with E-state index in [1.165, 1.54) is 5.56 Å². The van der Waals surface area contributed by atoms with Crippen molar-refractivity contribution in [3.05, 3.63) is 41.2 Å². The molecule has 0 N–H and O–H groups in total. The highest BCUT2D eigenvalue weighted by atomic mass is 35.5. The first-order valence-corrected chi connectivity index (χ1v) is 8.29. The van der Waals surface area contributed by atoms with Crippen molar-refractivity contribution in [2.24, 2.45) is 0 Å². The molecule has 1 aromatic heterocycles. The van der Waals surface area contributed by atoms with Gasteiger partial charge in [0.15, 0.2) is 0 Å². The second-order valence-electron chi connectivity index (χ2n) is 3.64. The fraction of sp³-hybridized carbons (Fsp3) is 0.273. The van der Waals surface area contributed by atoms with Crippen LogP contribution in [-0.4, -0.2) is 25.2 Å². The maximum atomic E-state index is 11.4. The van der Waals surface area contributed by atoms with E-state index in [1.54, 1.807) is 28.9 Å². The van der Waals surface area contributed by atoms with Crippen molar-refractivity contribution in [3.63, 3.8) is 0 Å². The number of halogens is 1. The Bertz CT molecular complexity index is 541. The minimum absolute atomic E-state index is 0.513. The molecule has 1 aromatic carbocycles. The lowest BCUT2D eigenvalue weighted by Crippen LogP contribution is -2.02. The molecule has 2 aromatic rings. The van der Waals surface area contributed by atoms with Gasteiger partial charge < -0.3 is 0 Å². The van der Waals surface area contributed by atoms with Crippen molar-refractivity contribution in [2.75, 3.05) is 6.26 Å². The van der Waals surface area contributed by atoms with Crippen LogP contribution in [0.25, 0.3) is 0 Å². The maximum Gasteiger partial charge on any atom is 0.221 e. The molecule has 0 aliphatic rings. The Labute approximate surface area is 117 Å². The Morgan fingerprint density at radius 2 is 2.11 bits per heavy atom. The highest BCUT2D eigenvalue weighted by molar-refractivity contribution is 7.97. The first kappa shape index (κ1) is 13.6.